The second-order valence-corrected chi connectivity index (χ2v) is 8.92. The third-order valence-corrected chi connectivity index (χ3v) is 4.50. The Hall–Kier alpha value is -2.59. The zero-order chi connectivity index (χ0) is 22.6. The van der Waals surface area contributed by atoms with E-state index in [2.05, 4.69) is 0 Å². The molecule has 4 nitrogen and oxygen atoms in total. The summed E-state index contributed by atoms with van der Waals surface area (Å²) < 4.78 is 11.6. The van der Waals surface area contributed by atoms with Gasteiger partial charge in [0, 0.05) is 21.7 Å². The summed E-state index contributed by atoms with van der Waals surface area (Å²) in [5, 5.41) is 0.576. The molecule has 160 valence electrons. The van der Waals surface area contributed by atoms with Crippen LogP contribution in [0.15, 0.2) is 36.4 Å². The van der Waals surface area contributed by atoms with Crippen molar-refractivity contribution < 1.29 is 19.1 Å². The molecule has 0 aliphatic heterocycles. The fourth-order valence-electron chi connectivity index (χ4n) is 3.03. The van der Waals surface area contributed by atoms with Gasteiger partial charge in [0.2, 0.25) is 0 Å². The van der Waals surface area contributed by atoms with Crippen molar-refractivity contribution in [2.45, 2.75) is 60.2 Å². The third kappa shape index (κ3) is 6.20. The van der Waals surface area contributed by atoms with E-state index in [4.69, 9.17) is 21.1 Å². The lowest BCUT2D eigenvalue weighted by atomic mass is 9.96. The zero-order valence-corrected chi connectivity index (χ0v) is 19.4. The number of ether oxygens (including phenoxy) is 2. The van der Waals surface area contributed by atoms with Crippen LogP contribution >= 0.6 is 11.6 Å². The smallest absolute Gasteiger partial charge is 0.339 e. The number of hydrogen-bond donors (Lipinski definition) is 0. The highest BCUT2D eigenvalue weighted by Gasteiger charge is 2.24. The molecule has 2 aromatic rings. The highest BCUT2D eigenvalue weighted by Crippen LogP contribution is 2.33. The summed E-state index contributed by atoms with van der Waals surface area (Å²) in [6.45, 7) is 13.0. The Morgan fingerprint density at radius 1 is 1.07 bits per heavy atom. The lowest BCUT2D eigenvalue weighted by Gasteiger charge is -2.23. The summed E-state index contributed by atoms with van der Waals surface area (Å²) in [6.07, 6.45) is 3.11. The first-order valence-electron chi connectivity index (χ1n) is 9.91. The van der Waals surface area contributed by atoms with E-state index in [1.165, 1.54) is 6.08 Å². The van der Waals surface area contributed by atoms with Gasteiger partial charge in [0.15, 0.2) is 5.78 Å². The second-order valence-electron chi connectivity index (χ2n) is 8.48. The van der Waals surface area contributed by atoms with Crippen molar-refractivity contribution in [1.29, 1.82) is 0 Å². The Bertz CT molecular complexity index is 964. The summed E-state index contributed by atoms with van der Waals surface area (Å²) in [7, 11) is 0. The summed E-state index contributed by atoms with van der Waals surface area (Å²) in [5.41, 5.74) is 2.61. The van der Waals surface area contributed by atoms with Crippen LogP contribution in [0.1, 0.15) is 72.0 Å². The van der Waals surface area contributed by atoms with E-state index < -0.39 is 5.60 Å². The molecular formula is C25H29ClO4. The quantitative estimate of drug-likeness (QED) is 0.295. The van der Waals surface area contributed by atoms with Crippen molar-refractivity contribution in [2.75, 3.05) is 0 Å². The van der Waals surface area contributed by atoms with Gasteiger partial charge in [-0.15, -0.1) is 0 Å². The maximum atomic E-state index is 12.8. The molecule has 0 saturated heterocycles. The molecule has 0 spiro atoms. The van der Waals surface area contributed by atoms with E-state index in [0.717, 1.165) is 11.1 Å². The van der Waals surface area contributed by atoms with Crippen molar-refractivity contribution in [3.63, 3.8) is 0 Å². The van der Waals surface area contributed by atoms with Gasteiger partial charge in [0.1, 0.15) is 11.4 Å². The number of rotatable bonds is 6. The summed E-state index contributed by atoms with van der Waals surface area (Å²) in [4.78, 5) is 25.3. The van der Waals surface area contributed by atoms with Gasteiger partial charge >= 0.3 is 5.97 Å². The number of hydrogen-bond acceptors (Lipinski definition) is 4. The van der Waals surface area contributed by atoms with E-state index in [1.807, 2.05) is 54.5 Å². The van der Waals surface area contributed by atoms with Crippen molar-refractivity contribution >= 4 is 29.4 Å². The molecule has 0 aliphatic rings. The molecule has 0 aliphatic carbocycles. The number of halogens is 1. The van der Waals surface area contributed by atoms with Crippen LogP contribution < -0.4 is 4.74 Å². The summed E-state index contributed by atoms with van der Waals surface area (Å²) in [6, 6.07) is 8.57. The zero-order valence-electron chi connectivity index (χ0n) is 18.6. The predicted molar refractivity (Wildman–Crippen MR) is 122 cm³/mol. The normalized spacial score (nSPS) is 11.8. The standard InChI is InChI=1S/C25H29ClO4/c1-15(2)29-23-17(4)22(24(28)30-25(5,6)7)16(3)14-19(23)10-13-21(27)18-8-11-20(26)12-9-18/h8-15H,1-7H3. The fourth-order valence-corrected chi connectivity index (χ4v) is 3.16. The lowest BCUT2D eigenvalue weighted by molar-refractivity contribution is 0.00671. The maximum Gasteiger partial charge on any atom is 0.339 e. The number of aryl methyl sites for hydroxylation is 1. The van der Waals surface area contributed by atoms with Crippen LogP contribution in [0.3, 0.4) is 0 Å². The van der Waals surface area contributed by atoms with Crippen molar-refractivity contribution in [2.24, 2.45) is 0 Å². The van der Waals surface area contributed by atoms with Gasteiger partial charge in [0.25, 0.3) is 0 Å². The minimum absolute atomic E-state index is 0.1000. The number of ketones is 1. The molecule has 0 saturated carbocycles. The number of carbonyl (C=O) groups is 2. The van der Waals surface area contributed by atoms with Gasteiger partial charge < -0.3 is 9.47 Å². The summed E-state index contributed by atoms with van der Waals surface area (Å²) in [5.74, 6) is 0.0316. The Morgan fingerprint density at radius 2 is 1.67 bits per heavy atom. The molecule has 2 rings (SSSR count). The fraction of sp³-hybridized carbons (Fsp3) is 0.360. The number of carbonyl (C=O) groups excluding carboxylic acids is 2. The van der Waals surface area contributed by atoms with Crippen LogP contribution in [0.25, 0.3) is 6.08 Å². The van der Waals surface area contributed by atoms with Crippen LogP contribution in [0.5, 0.6) is 5.75 Å². The maximum absolute atomic E-state index is 12.8. The molecule has 0 fully saturated rings. The first kappa shape index (κ1) is 23.7. The van der Waals surface area contributed by atoms with Crippen molar-refractivity contribution in [3.8, 4) is 5.75 Å². The van der Waals surface area contributed by atoms with Gasteiger partial charge in [-0.1, -0.05) is 11.6 Å². The Kier molecular flexibility index (Phi) is 7.49. The monoisotopic (exact) mass is 428 g/mol. The Balaban J connectivity index is 2.47. The molecule has 0 amide bonds. The summed E-state index contributed by atoms with van der Waals surface area (Å²) >= 11 is 5.89. The van der Waals surface area contributed by atoms with Crippen LogP contribution in [0.2, 0.25) is 5.02 Å². The van der Waals surface area contributed by atoms with Crippen molar-refractivity contribution in [3.05, 3.63) is 69.2 Å². The van der Waals surface area contributed by atoms with Crippen LogP contribution in [0.4, 0.5) is 0 Å². The molecule has 0 heterocycles. The van der Waals surface area contributed by atoms with Gasteiger partial charge in [-0.2, -0.15) is 0 Å². The molecule has 0 bridgehead atoms. The van der Waals surface area contributed by atoms with E-state index >= 15 is 0 Å². The average Bonchev–Trinajstić information content (AvgIpc) is 2.61. The van der Waals surface area contributed by atoms with Crippen LogP contribution in [-0.4, -0.2) is 23.5 Å². The van der Waals surface area contributed by atoms with E-state index in [-0.39, 0.29) is 17.9 Å². The number of esters is 1. The topological polar surface area (TPSA) is 52.6 Å². The Morgan fingerprint density at radius 3 is 2.20 bits per heavy atom. The van der Waals surface area contributed by atoms with E-state index in [9.17, 15) is 9.59 Å². The predicted octanol–water partition coefficient (Wildman–Crippen LogP) is 6.60. The van der Waals surface area contributed by atoms with E-state index in [1.54, 1.807) is 30.3 Å². The molecule has 0 atom stereocenters. The number of benzene rings is 2. The largest absolute Gasteiger partial charge is 0.490 e. The number of allylic oxidation sites excluding steroid dienone is 1. The minimum Gasteiger partial charge on any atom is -0.490 e. The molecule has 0 radical (unpaired) electrons. The first-order valence-corrected chi connectivity index (χ1v) is 10.3. The Labute approximate surface area is 183 Å². The van der Waals surface area contributed by atoms with Crippen molar-refractivity contribution in [1.82, 2.24) is 0 Å². The van der Waals surface area contributed by atoms with E-state index in [0.29, 0.717) is 27.5 Å². The van der Waals surface area contributed by atoms with Crippen LogP contribution in [-0.2, 0) is 4.74 Å². The molecule has 0 aromatic heterocycles. The first-order chi connectivity index (χ1) is 13.9. The average molecular weight is 429 g/mol. The molecule has 0 unspecified atom stereocenters. The van der Waals surface area contributed by atoms with Gasteiger partial charge in [-0.25, -0.2) is 4.79 Å². The molecule has 2 aromatic carbocycles. The molecule has 0 N–H and O–H groups in total. The molecule has 5 heteroatoms. The SMILES string of the molecule is Cc1cc(C=CC(=O)c2ccc(Cl)cc2)c(OC(C)C)c(C)c1C(=O)OC(C)(C)C. The van der Waals surface area contributed by atoms with Gasteiger partial charge in [-0.3, -0.25) is 4.79 Å². The lowest BCUT2D eigenvalue weighted by Crippen LogP contribution is -2.25. The van der Waals surface area contributed by atoms with Gasteiger partial charge in [-0.05, 0) is 96.5 Å². The van der Waals surface area contributed by atoms with Gasteiger partial charge in [0.05, 0.1) is 11.7 Å². The highest BCUT2D eigenvalue weighted by molar-refractivity contribution is 6.30. The molecule has 30 heavy (non-hydrogen) atoms. The minimum atomic E-state index is -0.599. The molecular weight excluding hydrogens is 400 g/mol. The highest BCUT2D eigenvalue weighted by atomic mass is 35.5. The second kappa shape index (κ2) is 9.48. The third-order valence-electron chi connectivity index (χ3n) is 4.24. The van der Waals surface area contributed by atoms with Crippen LogP contribution in [0, 0.1) is 13.8 Å².